The van der Waals surface area contributed by atoms with Gasteiger partial charge in [0.25, 0.3) is 5.78 Å². The van der Waals surface area contributed by atoms with Gasteiger partial charge in [-0.15, -0.1) is 0 Å². The van der Waals surface area contributed by atoms with Crippen LogP contribution < -0.4 is 5.32 Å². The van der Waals surface area contributed by atoms with Gasteiger partial charge in [0.15, 0.2) is 0 Å². The smallest absolute Gasteiger partial charge is 0.386 e. The quantitative estimate of drug-likeness (QED) is 0.757. The Morgan fingerprint density at radius 2 is 2.25 bits per heavy atom. The van der Waals surface area contributed by atoms with Gasteiger partial charge in [-0.2, -0.15) is 13.2 Å². The van der Waals surface area contributed by atoms with Crippen molar-refractivity contribution >= 4 is 5.78 Å². The van der Waals surface area contributed by atoms with E-state index >= 15 is 0 Å². The van der Waals surface area contributed by atoms with Crippen molar-refractivity contribution in [1.29, 1.82) is 0 Å². The number of ketones is 1. The lowest BCUT2D eigenvalue weighted by atomic mass is 10.2. The number of carbonyl (C=O) groups excluding carboxylic acids is 1. The first kappa shape index (κ1) is 13.0. The monoisotopic (exact) mass is 237 g/mol. The summed E-state index contributed by atoms with van der Waals surface area (Å²) in [6, 6.07) is 0. The van der Waals surface area contributed by atoms with Crippen LogP contribution in [0, 0.1) is 0 Å². The number of ether oxygens (including phenoxy) is 1. The fourth-order valence-electron chi connectivity index (χ4n) is 1.41. The molecule has 0 aliphatic carbocycles. The molecule has 1 saturated heterocycles. The van der Waals surface area contributed by atoms with Crippen LogP contribution in [0.1, 0.15) is 19.8 Å². The molecule has 16 heavy (non-hydrogen) atoms. The fourth-order valence-corrected chi connectivity index (χ4v) is 1.41. The lowest BCUT2D eigenvalue weighted by molar-refractivity contribution is -0.165. The van der Waals surface area contributed by atoms with Crippen LogP contribution in [-0.4, -0.2) is 31.2 Å². The topological polar surface area (TPSA) is 38.3 Å². The third-order valence-electron chi connectivity index (χ3n) is 2.26. The molecule has 0 aromatic carbocycles. The van der Waals surface area contributed by atoms with Gasteiger partial charge in [0.1, 0.15) is 0 Å². The molecule has 1 aliphatic rings. The molecule has 6 heteroatoms. The molecule has 3 nitrogen and oxygen atoms in total. The van der Waals surface area contributed by atoms with Gasteiger partial charge in [-0.1, -0.05) is 0 Å². The van der Waals surface area contributed by atoms with Crippen molar-refractivity contribution in [3.63, 3.8) is 0 Å². The molecule has 1 heterocycles. The van der Waals surface area contributed by atoms with Gasteiger partial charge >= 0.3 is 6.18 Å². The van der Waals surface area contributed by atoms with E-state index in [1.165, 1.54) is 6.92 Å². The van der Waals surface area contributed by atoms with E-state index in [1.807, 2.05) is 0 Å². The molecule has 1 aliphatic heterocycles. The summed E-state index contributed by atoms with van der Waals surface area (Å²) in [5, 5.41) is 2.74. The molecule has 0 aromatic heterocycles. The first-order valence-corrected chi connectivity index (χ1v) is 5.04. The summed E-state index contributed by atoms with van der Waals surface area (Å²) in [4.78, 5) is 10.6. The summed E-state index contributed by atoms with van der Waals surface area (Å²) >= 11 is 0. The van der Waals surface area contributed by atoms with Crippen LogP contribution in [0.4, 0.5) is 13.2 Å². The molecule has 0 amide bonds. The van der Waals surface area contributed by atoms with Crippen LogP contribution in [-0.2, 0) is 9.53 Å². The Balaban J connectivity index is 2.36. The molecule has 1 unspecified atom stereocenters. The number of alkyl halides is 3. The van der Waals surface area contributed by atoms with E-state index in [-0.39, 0.29) is 11.8 Å². The molecule has 0 radical (unpaired) electrons. The summed E-state index contributed by atoms with van der Waals surface area (Å²) < 4.78 is 41.0. The van der Waals surface area contributed by atoms with Crippen LogP contribution >= 0.6 is 0 Å². The van der Waals surface area contributed by atoms with Gasteiger partial charge < -0.3 is 10.1 Å². The molecule has 1 fully saturated rings. The Bertz CT molecular complexity index is 280. The number of halogens is 3. The molecular weight excluding hydrogens is 223 g/mol. The lowest BCUT2D eigenvalue weighted by Crippen LogP contribution is -2.27. The van der Waals surface area contributed by atoms with Gasteiger partial charge in [0.2, 0.25) is 0 Å². The number of carbonyl (C=O) groups is 1. The van der Waals surface area contributed by atoms with E-state index in [0.29, 0.717) is 19.2 Å². The number of allylic oxidation sites excluding steroid dienone is 2. The van der Waals surface area contributed by atoms with E-state index in [9.17, 15) is 18.0 Å². The van der Waals surface area contributed by atoms with E-state index in [2.05, 4.69) is 5.32 Å². The highest BCUT2D eigenvalue weighted by molar-refractivity contribution is 5.94. The predicted octanol–water partition coefficient (Wildman–Crippen LogP) is 1.79. The minimum atomic E-state index is -4.80. The highest BCUT2D eigenvalue weighted by Crippen LogP contribution is 2.17. The van der Waals surface area contributed by atoms with E-state index < -0.39 is 12.0 Å². The molecular formula is C10H14F3NO2. The zero-order valence-corrected chi connectivity index (χ0v) is 8.93. The van der Waals surface area contributed by atoms with Gasteiger partial charge in [-0.3, -0.25) is 4.79 Å². The molecule has 0 aromatic rings. The standard InChI is InChI=1S/C10H14F3NO2/c1-7(5-9(15)10(11,12)13)14-6-8-3-2-4-16-8/h5,8,14H,2-4,6H2,1H3/b7-5+. The number of nitrogens with one attached hydrogen (secondary N) is 1. The summed E-state index contributed by atoms with van der Waals surface area (Å²) in [5.74, 6) is -1.84. The first-order valence-electron chi connectivity index (χ1n) is 5.04. The Morgan fingerprint density at radius 3 is 2.75 bits per heavy atom. The third-order valence-corrected chi connectivity index (χ3v) is 2.26. The minimum absolute atomic E-state index is 0.0318. The molecule has 1 atom stereocenters. The van der Waals surface area contributed by atoms with Crippen LogP contribution in [0.15, 0.2) is 11.8 Å². The van der Waals surface area contributed by atoms with Crippen molar-refractivity contribution < 1.29 is 22.7 Å². The van der Waals surface area contributed by atoms with Crippen molar-refractivity contribution in [2.24, 2.45) is 0 Å². The van der Waals surface area contributed by atoms with Crippen LogP contribution in [0.2, 0.25) is 0 Å². The molecule has 0 bridgehead atoms. The second-order valence-corrected chi connectivity index (χ2v) is 3.71. The highest BCUT2D eigenvalue weighted by atomic mass is 19.4. The largest absolute Gasteiger partial charge is 0.454 e. The van der Waals surface area contributed by atoms with Crippen molar-refractivity contribution in [3.8, 4) is 0 Å². The fraction of sp³-hybridized carbons (Fsp3) is 0.700. The van der Waals surface area contributed by atoms with Crippen molar-refractivity contribution in [3.05, 3.63) is 11.8 Å². The third kappa shape index (κ3) is 4.22. The van der Waals surface area contributed by atoms with Crippen LogP contribution in [0.3, 0.4) is 0 Å². The van der Waals surface area contributed by atoms with Crippen LogP contribution in [0.25, 0.3) is 0 Å². The van der Waals surface area contributed by atoms with Gasteiger partial charge in [0, 0.05) is 24.9 Å². The zero-order valence-electron chi connectivity index (χ0n) is 8.93. The SMILES string of the molecule is C/C(=C\C(=O)C(F)(F)F)NCC1CCCO1. The van der Waals surface area contributed by atoms with E-state index in [1.54, 1.807) is 0 Å². The van der Waals surface area contributed by atoms with Gasteiger partial charge in [-0.25, -0.2) is 0 Å². The average Bonchev–Trinajstić information content (AvgIpc) is 2.65. The Labute approximate surface area is 91.6 Å². The summed E-state index contributed by atoms with van der Waals surface area (Å²) in [5.41, 5.74) is 0.206. The Hall–Kier alpha value is -1.04. The lowest BCUT2D eigenvalue weighted by Gasteiger charge is -2.12. The normalized spacial score (nSPS) is 22.2. The van der Waals surface area contributed by atoms with Gasteiger partial charge in [0.05, 0.1) is 6.10 Å². The van der Waals surface area contributed by atoms with Gasteiger partial charge in [-0.05, 0) is 19.8 Å². The van der Waals surface area contributed by atoms with Crippen molar-refractivity contribution in [2.75, 3.05) is 13.2 Å². The van der Waals surface area contributed by atoms with Crippen molar-refractivity contribution in [2.45, 2.75) is 32.0 Å². The summed E-state index contributed by atoms with van der Waals surface area (Å²) in [7, 11) is 0. The summed E-state index contributed by atoms with van der Waals surface area (Å²) in [6.45, 7) is 2.56. The predicted molar refractivity (Wildman–Crippen MR) is 51.8 cm³/mol. The highest BCUT2D eigenvalue weighted by Gasteiger charge is 2.36. The van der Waals surface area contributed by atoms with E-state index in [4.69, 9.17) is 4.74 Å². The first-order chi connectivity index (χ1) is 7.39. The van der Waals surface area contributed by atoms with Crippen molar-refractivity contribution in [1.82, 2.24) is 5.32 Å². The van der Waals surface area contributed by atoms with E-state index in [0.717, 1.165) is 12.8 Å². The molecule has 1 rings (SSSR count). The zero-order chi connectivity index (χ0) is 12.2. The maximum absolute atomic E-state index is 11.9. The number of rotatable bonds is 4. The molecule has 0 spiro atoms. The Morgan fingerprint density at radius 1 is 1.56 bits per heavy atom. The molecule has 1 N–H and O–H groups in total. The molecule has 92 valence electrons. The number of hydrogen-bond acceptors (Lipinski definition) is 3. The number of hydrogen-bond donors (Lipinski definition) is 1. The Kier molecular flexibility index (Phi) is 4.35. The maximum atomic E-state index is 11.9. The second-order valence-electron chi connectivity index (χ2n) is 3.71. The minimum Gasteiger partial charge on any atom is -0.386 e. The average molecular weight is 237 g/mol. The second kappa shape index (κ2) is 5.34. The molecule has 0 saturated carbocycles. The van der Waals surface area contributed by atoms with Crippen LogP contribution in [0.5, 0.6) is 0 Å². The maximum Gasteiger partial charge on any atom is 0.454 e. The summed E-state index contributed by atoms with van der Waals surface area (Å²) in [6.07, 6.45) is -2.34.